The minimum Gasteiger partial charge on any atom is -0.455 e. The van der Waals surface area contributed by atoms with E-state index in [0.29, 0.717) is 0 Å². The van der Waals surface area contributed by atoms with E-state index in [9.17, 15) is 17.6 Å². The Balaban J connectivity index is 4.90. The Bertz CT molecular complexity index is 302. The van der Waals surface area contributed by atoms with Crippen LogP contribution in [0.15, 0.2) is 23.7 Å². The monoisotopic (exact) mass is 286 g/mol. The minimum atomic E-state index is -2.15. The van der Waals surface area contributed by atoms with Crippen LogP contribution in [0, 0.1) is 0 Å². The summed E-state index contributed by atoms with van der Waals surface area (Å²) in [5.41, 5.74) is 0. The fourth-order valence-corrected chi connectivity index (χ4v) is 1.15. The van der Waals surface area contributed by atoms with E-state index in [1.807, 2.05) is 0 Å². The van der Waals surface area contributed by atoms with Crippen LogP contribution >= 0.6 is 0 Å². The predicted molar refractivity (Wildman–Crippen MR) is 61.7 cm³/mol. The van der Waals surface area contributed by atoms with Crippen LogP contribution in [-0.4, -0.2) is 26.4 Å². The molecular weight excluding hydrogens is 268 g/mol. The first-order valence-electron chi connectivity index (χ1n) is 5.63. The number of ether oxygens (including phenoxy) is 3. The van der Waals surface area contributed by atoms with Crippen LogP contribution in [0.5, 0.6) is 0 Å². The summed E-state index contributed by atoms with van der Waals surface area (Å²) in [7, 11) is 2.66. The second-order valence-electron chi connectivity index (χ2n) is 3.97. The van der Waals surface area contributed by atoms with Gasteiger partial charge in [0, 0.05) is 27.1 Å². The van der Waals surface area contributed by atoms with Crippen molar-refractivity contribution >= 4 is 0 Å². The summed E-state index contributed by atoms with van der Waals surface area (Å²) in [4.78, 5) is 0. The number of hydrogen-bond acceptors (Lipinski definition) is 3. The molecule has 0 bridgehead atoms. The van der Waals surface area contributed by atoms with Gasteiger partial charge in [0.05, 0.1) is 12.2 Å². The molecule has 2 unspecified atom stereocenters. The normalized spacial score (nSPS) is 13.7. The maximum absolute atomic E-state index is 12.6. The third kappa shape index (κ3) is 7.17. The summed E-state index contributed by atoms with van der Waals surface area (Å²) >= 11 is 0. The first kappa shape index (κ1) is 17.9. The van der Waals surface area contributed by atoms with Gasteiger partial charge in [-0.15, -0.1) is 0 Å². The first-order chi connectivity index (χ1) is 8.81. The summed E-state index contributed by atoms with van der Waals surface area (Å²) < 4.78 is 64.8. The lowest BCUT2D eigenvalue weighted by atomic mass is 10.2. The molecule has 0 aliphatic rings. The minimum absolute atomic E-state index is 0.295. The molecule has 0 radical (unpaired) electrons. The summed E-state index contributed by atoms with van der Waals surface area (Å²) in [5.74, 6) is -1.64. The van der Waals surface area contributed by atoms with Crippen LogP contribution in [0.2, 0.25) is 0 Å². The highest BCUT2D eigenvalue weighted by Gasteiger charge is 2.19. The molecule has 0 aromatic rings. The lowest BCUT2D eigenvalue weighted by Crippen LogP contribution is -2.12. The van der Waals surface area contributed by atoms with Gasteiger partial charge >= 0.3 is 12.2 Å². The highest BCUT2D eigenvalue weighted by Crippen LogP contribution is 2.25. The topological polar surface area (TPSA) is 27.7 Å². The highest BCUT2D eigenvalue weighted by atomic mass is 19.3. The van der Waals surface area contributed by atoms with Gasteiger partial charge in [0.15, 0.2) is 11.5 Å². The zero-order valence-corrected chi connectivity index (χ0v) is 11.3. The Morgan fingerprint density at radius 1 is 0.789 bits per heavy atom. The fraction of sp³-hybridized carbons (Fsp3) is 0.667. The summed E-state index contributed by atoms with van der Waals surface area (Å²) in [6, 6.07) is 0. The highest BCUT2D eigenvalue weighted by molar-refractivity contribution is 5.04. The van der Waals surface area contributed by atoms with E-state index in [-0.39, 0.29) is 12.8 Å². The number of halogens is 4. The molecule has 0 aromatic heterocycles. The summed E-state index contributed by atoms with van der Waals surface area (Å²) in [6.07, 6.45) is -6.02. The van der Waals surface area contributed by atoms with E-state index >= 15 is 0 Å². The van der Waals surface area contributed by atoms with E-state index < -0.39 is 35.9 Å². The standard InChI is InChI=1S/C12H18F4O3/c1-7(17-3)5-9(11(13)14)19-10(12(15)16)6-8(2)18-4/h7-8H,5-6H2,1-4H3. The van der Waals surface area contributed by atoms with E-state index in [1.165, 1.54) is 28.1 Å². The van der Waals surface area contributed by atoms with Crippen LogP contribution in [0.1, 0.15) is 26.7 Å². The van der Waals surface area contributed by atoms with E-state index in [2.05, 4.69) is 4.74 Å². The number of rotatable bonds is 8. The van der Waals surface area contributed by atoms with Gasteiger partial charge in [-0.1, -0.05) is 0 Å². The van der Waals surface area contributed by atoms with Crippen LogP contribution < -0.4 is 0 Å². The van der Waals surface area contributed by atoms with E-state index in [1.54, 1.807) is 0 Å². The van der Waals surface area contributed by atoms with Gasteiger partial charge in [0.1, 0.15) is 0 Å². The molecule has 112 valence electrons. The summed E-state index contributed by atoms with van der Waals surface area (Å²) in [5, 5.41) is 0. The molecule has 0 spiro atoms. The van der Waals surface area contributed by atoms with Crippen molar-refractivity contribution in [3.8, 4) is 0 Å². The van der Waals surface area contributed by atoms with Crippen LogP contribution in [-0.2, 0) is 14.2 Å². The van der Waals surface area contributed by atoms with Crippen molar-refractivity contribution < 1.29 is 31.8 Å². The zero-order valence-electron chi connectivity index (χ0n) is 11.3. The Labute approximate surface area is 109 Å². The third-order valence-electron chi connectivity index (χ3n) is 2.42. The van der Waals surface area contributed by atoms with Crippen LogP contribution in [0.3, 0.4) is 0 Å². The Morgan fingerprint density at radius 2 is 1.11 bits per heavy atom. The number of methoxy groups -OCH3 is 2. The van der Waals surface area contributed by atoms with Crippen LogP contribution in [0.25, 0.3) is 0 Å². The molecule has 0 saturated heterocycles. The smallest absolute Gasteiger partial charge is 0.308 e. The van der Waals surface area contributed by atoms with Gasteiger partial charge < -0.3 is 14.2 Å². The van der Waals surface area contributed by atoms with Crippen molar-refractivity contribution in [1.29, 1.82) is 0 Å². The molecule has 3 nitrogen and oxygen atoms in total. The molecule has 0 heterocycles. The molecule has 19 heavy (non-hydrogen) atoms. The second kappa shape index (κ2) is 8.92. The molecule has 0 fully saturated rings. The molecule has 0 aliphatic carbocycles. The Hall–Kier alpha value is -1.08. The molecular formula is C12H18F4O3. The molecule has 0 rings (SSSR count). The van der Waals surface area contributed by atoms with Gasteiger partial charge in [-0.25, -0.2) is 0 Å². The molecule has 7 heteroatoms. The van der Waals surface area contributed by atoms with Crippen molar-refractivity contribution in [2.45, 2.75) is 38.9 Å². The van der Waals surface area contributed by atoms with E-state index in [0.717, 1.165) is 0 Å². The number of hydrogen-bond donors (Lipinski definition) is 0. The predicted octanol–water partition coefficient (Wildman–Crippen LogP) is 4.07. The van der Waals surface area contributed by atoms with Gasteiger partial charge in [0.25, 0.3) is 0 Å². The summed E-state index contributed by atoms with van der Waals surface area (Å²) in [6.45, 7) is 3.05. The van der Waals surface area contributed by atoms with Crippen molar-refractivity contribution in [3.63, 3.8) is 0 Å². The molecule has 2 atom stereocenters. The lowest BCUT2D eigenvalue weighted by molar-refractivity contribution is 0.0801. The average Bonchev–Trinajstić information content (AvgIpc) is 2.35. The largest absolute Gasteiger partial charge is 0.455 e. The van der Waals surface area contributed by atoms with Gasteiger partial charge in [-0.2, -0.15) is 17.6 Å². The quantitative estimate of drug-likeness (QED) is 0.497. The van der Waals surface area contributed by atoms with E-state index in [4.69, 9.17) is 9.47 Å². The molecule has 0 N–H and O–H groups in total. The second-order valence-corrected chi connectivity index (χ2v) is 3.97. The fourth-order valence-electron chi connectivity index (χ4n) is 1.15. The van der Waals surface area contributed by atoms with Crippen LogP contribution in [0.4, 0.5) is 17.6 Å². The van der Waals surface area contributed by atoms with Gasteiger partial charge in [-0.3, -0.25) is 0 Å². The first-order valence-corrected chi connectivity index (χ1v) is 5.63. The molecule has 0 saturated carbocycles. The van der Waals surface area contributed by atoms with Crippen molar-refractivity contribution in [2.24, 2.45) is 0 Å². The molecule has 0 amide bonds. The maximum Gasteiger partial charge on any atom is 0.308 e. The molecule has 0 aromatic carbocycles. The maximum atomic E-state index is 12.6. The third-order valence-corrected chi connectivity index (χ3v) is 2.42. The van der Waals surface area contributed by atoms with Crippen molar-refractivity contribution in [3.05, 3.63) is 23.7 Å². The Morgan fingerprint density at radius 3 is 1.32 bits per heavy atom. The van der Waals surface area contributed by atoms with Gasteiger partial charge in [0.2, 0.25) is 0 Å². The van der Waals surface area contributed by atoms with Gasteiger partial charge in [-0.05, 0) is 13.8 Å². The Kier molecular flexibility index (Phi) is 8.42. The lowest BCUT2D eigenvalue weighted by Gasteiger charge is -2.16. The SMILES string of the molecule is COC(C)CC(OC(CC(C)OC)=C(F)F)=C(F)F. The average molecular weight is 286 g/mol. The molecule has 0 aliphatic heterocycles. The van der Waals surface area contributed by atoms with Crippen molar-refractivity contribution in [2.75, 3.05) is 14.2 Å². The van der Waals surface area contributed by atoms with Crippen molar-refractivity contribution in [1.82, 2.24) is 0 Å². The zero-order chi connectivity index (χ0) is 15.0.